The van der Waals surface area contributed by atoms with Gasteiger partial charge in [0.25, 0.3) is 0 Å². The number of amidine groups is 1. The van der Waals surface area contributed by atoms with E-state index in [4.69, 9.17) is 15.3 Å². The molecule has 0 heterocycles. The average Bonchev–Trinajstić information content (AvgIpc) is 2.77. The van der Waals surface area contributed by atoms with Gasteiger partial charge in [-0.1, -0.05) is 65.8 Å². The third-order valence-electron chi connectivity index (χ3n) is 4.41. The summed E-state index contributed by atoms with van der Waals surface area (Å²) in [6, 6.07) is 26.7. The van der Waals surface area contributed by atoms with E-state index >= 15 is 0 Å². The van der Waals surface area contributed by atoms with Crippen molar-refractivity contribution in [2.24, 2.45) is 10.9 Å². The van der Waals surface area contributed by atoms with E-state index in [9.17, 15) is 4.79 Å². The minimum atomic E-state index is -0.450. The Kier molecular flexibility index (Phi) is 6.41. The minimum Gasteiger partial charge on any atom is -0.497 e. The quantitative estimate of drug-likeness (QED) is 0.293. The average molecular weight is 374 g/mol. The van der Waals surface area contributed by atoms with Gasteiger partial charge in [-0.2, -0.15) is 0 Å². The normalized spacial score (nSPS) is 11.3. The first-order chi connectivity index (χ1) is 13.7. The van der Waals surface area contributed by atoms with Gasteiger partial charge in [0.2, 0.25) is 0 Å². The van der Waals surface area contributed by atoms with Crippen LogP contribution in [0.4, 0.5) is 0 Å². The van der Waals surface area contributed by atoms with Gasteiger partial charge in [-0.3, -0.25) is 0 Å². The molecule has 5 heteroatoms. The summed E-state index contributed by atoms with van der Waals surface area (Å²) in [6.07, 6.45) is 0.160. The lowest BCUT2D eigenvalue weighted by atomic mass is 9.89. The second kappa shape index (κ2) is 9.37. The summed E-state index contributed by atoms with van der Waals surface area (Å²) < 4.78 is 5.11. The molecule has 0 saturated carbocycles. The van der Waals surface area contributed by atoms with E-state index in [2.05, 4.69) is 5.16 Å². The molecule has 142 valence electrons. The zero-order chi connectivity index (χ0) is 19.8. The first-order valence-electron chi connectivity index (χ1n) is 8.95. The number of benzene rings is 3. The van der Waals surface area contributed by atoms with Crippen LogP contribution in [0.3, 0.4) is 0 Å². The standard InChI is InChI=1S/C23H22N2O3/c1-27-20-14-12-19(13-15-20)23(24)25-28-22(26)16-21(17-8-4-2-5-9-17)18-10-6-3-7-11-18/h2-15,21H,16H2,1H3,(H2,24,25). The van der Waals surface area contributed by atoms with E-state index in [1.54, 1.807) is 31.4 Å². The lowest BCUT2D eigenvalue weighted by Gasteiger charge is -2.16. The molecule has 0 saturated heterocycles. The van der Waals surface area contributed by atoms with Crippen molar-refractivity contribution in [1.82, 2.24) is 0 Å². The second-order valence-electron chi connectivity index (χ2n) is 6.25. The van der Waals surface area contributed by atoms with Crippen LogP contribution in [0.2, 0.25) is 0 Å². The van der Waals surface area contributed by atoms with Crippen molar-refractivity contribution in [3.05, 3.63) is 102 Å². The maximum Gasteiger partial charge on any atom is 0.336 e. The number of ether oxygens (including phenoxy) is 1. The summed E-state index contributed by atoms with van der Waals surface area (Å²) in [5.41, 5.74) is 8.65. The molecule has 0 aliphatic heterocycles. The van der Waals surface area contributed by atoms with E-state index in [1.165, 1.54) is 0 Å². The van der Waals surface area contributed by atoms with E-state index in [1.807, 2.05) is 60.7 Å². The van der Waals surface area contributed by atoms with E-state index < -0.39 is 5.97 Å². The van der Waals surface area contributed by atoms with Crippen LogP contribution in [-0.4, -0.2) is 18.9 Å². The van der Waals surface area contributed by atoms with Gasteiger partial charge in [0.05, 0.1) is 13.5 Å². The maximum atomic E-state index is 12.4. The number of carbonyl (C=O) groups is 1. The summed E-state index contributed by atoms with van der Waals surface area (Å²) >= 11 is 0. The fraction of sp³-hybridized carbons (Fsp3) is 0.130. The van der Waals surface area contributed by atoms with Gasteiger partial charge in [0.15, 0.2) is 5.84 Å². The maximum absolute atomic E-state index is 12.4. The molecule has 3 aromatic carbocycles. The number of carbonyl (C=O) groups excluding carboxylic acids is 1. The third kappa shape index (κ3) is 4.98. The Bertz CT molecular complexity index is 884. The number of hydrogen-bond acceptors (Lipinski definition) is 4. The molecule has 0 aliphatic carbocycles. The topological polar surface area (TPSA) is 73.9 Å². The molecule has 3 rings (SSSR count). The van der Waals surface area contributed by atoms with Crippen molar-refractivity contribution in [3.63, 3.8) is 0 Å². The summed E-state index contributed by atoms with van der Waals surface area (Å²) in [7, 11) is 1.59. The predicted octanol–water partition coefficient (Wildman–Crippen LogP) is 4.08. The highest BCUT2D eigenvalue weighted by Crippen LogP contribution is 2.28. The summed E-state index contributed by atoms with van der Waals surface area (Å²) in [5.74, 6) is 0.274. The van der Waals surface area contributed by atoms with Crippen LogP contribution in [0.1, 0.15) is 29.0 Å². The second-order valence-corrected chi connectivity index (χ2v) is 6.25. The van der Waals surface area contributed by atoms with Crippen LogP contribution in [0, 0.1) is 0 Å². The van der Waals surface area contributed by atoms with E-state index in [0.29, 0.717) is 11.3 Å². The van der Waals surface area contributed by atoms with Crippen molar-refractivity contribution in [2.45, 2.75) is 12.3 Å². The lowest BCUT2D eigenvalue weighted by molar-refractivity contribution is -0.143. The first kappa shape index (κ1) is 19.2. The minimum absolute atomic E-state index is 0.118. The van der Waals surface area contributed by atoms with Gasteiger partial charge in [0.1, 0.15) is 5.75 Å². The van der Waals surface area contributed by atoms with Crippen molar-refractivity contribution in [2.75, 3.05) is 7.11 Å². The Hall–Kier alpha value is -3.60. The zero-order valence-electron chi connectivity index (χ0n) is 15.6. The number of rotatable bonds is 7. The molecule has 2 N–H and O–H groups in total. The highest BCUT2D eigenvalue weighted by atomic mass is 16.7. The molecule has 0 bridgehead atoms. The summed E-state index contributed by atoms with van der Waals surface area (Å²) in [4.78, 5) is 17.5. The summed E-state index contributed by atoms with van der Waals surface area (Å²) in [5, 5.41) is 3.79. The van der Waals surface area contributed by atoms with Gasteiger partial charge >= 0.3 is 5.97 Å². The van der Waals surface area contributed by atoms with Gasteiger partial charge in [-0.25, -0.2) is 4.79 Å². The number of methoxy groups -OCH3 is 1. The fourth-order valence-electron chi connectivity index (χ4n) is 2.92. The number of nitrogens with zero attached hydrogens (tertiary/aromatic N) is 1. The van der Waals surface area contributed by atoms with Crippen molar-refractivity contribution < 1.29 is 14.4 Å². The van der Waals surface area contributed by atoms with Gasteiger partial charge in [-0.05, 0) is 35.4 Å². The van der Waals surface area contributed by atoms with Crippen molar-refractivity contribution >= 4 is 11.8 Å². The van der Waals surface area contributed by atoms with Crippen LogP contribution in [0.5, 0.6) is 5.75 Å². The predicted molar refractivity (Wildman–Crippen MR) is 109 cm³/mol. The van der Waals surface area contributed by atoms with E-state index in [-0.39, 0.29) is 18.2 Å². The molecule has 0 aromatic heterocycles. The monoisotopic (exact) mass is 374 g/mol. The van der Waals surface area contributed by atoms with Crippen LogP contribution in [-0.2, 0) is 9.63 Å². The molecule has 28 heavy (non-hydrogen) atoms. The SMILES string of the molecule is COc1ccc(C(N)=NOC(=O)CC(c2ccccc2)c2ccccc2)cc1. The van der Waals surface area contributed by atoms with Crippen LogP contribution in [0.25, 0.3) is 0 Å². The number of oxime groups is 1. The van der Waals surface area contributed by atoms with Crippen LogP contribution < -0.4 is 10.5 Å². The number of hydrogen-bond donors (Lipinski definition) is 1. The highest BCUT2D eigenvalue weighted by molar-refractivity contribution is 5.97. The van der Waals surface area contributed by atoms with Crippen molar-refractivity contribution in [3.8, 4) is 5.75 Å². The molecular weight excluding hydrogens is 352 g/mol. The number of nitrogens with two attached hydrogens (primary N) is 1. The molecule has 0 amide bonds. The molecule has 5 nitrogen and oxygen atoms in total. The van der Waals surface area contributed by atoms with Crippen LogP contribution >= 0.6 is 0 Å². The molecule has 0 fully saturated rings. The Labute approximate surface area is 164 Å². The molecular formula is C23H22N2O3. The Morgan fingerprint density at radius 3 is 1.93 bits per heavy atom. The summed E-state index contributed by atoms with van der Waals surface area (Å²) in [6.45, 7) is 0. The molecule has 0 unspecified atom stereocenters. The smallest absolute Gasteiger partial charge is 0.336 e. The zero-order valence-corrected chi connectivity index (χ0v) is 15.6. The molecule has 0 spiro atoms. The van der Waals surface area contributed by atoms with Gasteiger partial charge in [-0.15, -0.1) is 0 Å². The molecule has 0 atom stereocenters. The van der Waals surface area contributed by atoms with Crippen LogP contribution in [0.15, 0.2) is 90.1 Å². The molecule has 0 radical (unpaired) electrons. The molecule has 3 aromatic rings. The lowest BCUT2D eigenvalue weighted by Crippen LogP contribution is -2.16. The van der Waals surface area contributed by atoms with Crippen molar-refractivity contribution in [1.29, 1.82) is 0 Å². The third-order valence-corrected chi connectivity index (χ3v) is 4.41. The van der Waals surface area contributed by atoms with Gasteiger partial charge < -0.3 is 15.3 Å². The molecule has 0 aliphatic rings. The Morgan fingerprint density at radius 2 is 1.43 bits per heavy atom. The van der Waals surface area contributed by atoms with E-state index in [0.717, 1.165) is 11.1 Å². The first-order valence-corrected chi connectivity index (χ1v) is 8.95. The largest absolute Gasteiger partial charge is 0.497 e. The fourth-order valence-corrected chi connectivity index (χ4v) is 2.92. The Balaban J connectivity index is 1.71. The highest BCUT2D eigenvalue weighted by Gasteiger charge is 2.19. The Morgan fingerprint density at radius 1 is 0.893 bits per heavy atom. The van der Waals surface area contributed by atoms with Gasteiger partial charge in [0, 0.05) is 11.5 Å².